The van der Waals surface area contributed by atoms with Crippen molar-refractivity contribution in [3.63, 3.8) is 0 Å². The highest BCUT2D eigenvalue weighted by Gasteiger charge is 2.22. The van der Waals surface area contributed by atoms with Gasteiger partial charge in [-0.2, -0.15) is 8.42 Å². The van der Waals surface area contributed by atoms with Crippen LogP contribution in [-0.2, 0) is 14.9 Å². The molecule has 1 N–H and O–H groups in total. The van der Waals surface area contributed by atoms with Gasteiger partial charge in [0.15, 0.2) is 0 Å². The number of rotatable bonds is 2. The zero-order valence-electron chi connectivity index (χ0n) is 6.55. The van der Waals surface area contributed by atoms with Gasteiger partial charge < -0.3 is 4.74 Å². The Labute approximate surface area is 78.7 Å². The van der Waals surface area contributed by atoms with Gasteiger partial charge >= 0.3 is 5.97 Å². The normalized spacial score (nSPS) is 11.2. The number of methoxy groups -OCH3 is 1. The fraction of sp³-hybridized carbons (Fsp3) is 0.167. The van der Waals surface area contributed by atoms with Crippen LogP contribution >= 0.6 is 11.3 Å². The standard InChI is InChI=1S/C6H6O5S2/c1-11-6(7)5-4(2-3-12-5)13(8,9)10/h2-3H,1H3,(H,8,9,10). The van der Waals surface area contributed by atoms with Gasteiger partial charge in [-0.25, -0.2) is 4.79 Å². The quantitative estimate of drug-likeness (QED) is 0.590. The van der Waals surface area contributed by atoms with Crippen molar-refractivity contribution in [2.24, 2.45) is 0 Å². The molecule has 0 atom stereocenters. The van der Waals surface area contributed by atoms with Gasteiger partial charge in [0.1, 0.15) is 9.77 Å². The lowest BCUT2D eigenvalue weighted by Gasteiger charge is -1.97. The van der Waals surface area contributed by atoms with E-state index in [2.05, 4.69) is 4.74 Å². The lowest BCUT2D eigenvalue weighted by Crippen LogP contribution is -2.06. The summed E-state index contributed by atoms with van der Waals surface area (Å²) in [5.74, 6) is -0.775. The molecule has 0 saturated heterocycles. The molecule has 0 saturated carbocycles. The minimum atomic E-state index is -4.34. The Bertz CT molecular complexity index is 416. The molecule has 0 aromatic carbocycles. The van der Waals surface area contributed by atoms with Crippen LogP contribution in [0.15, 0.2) is 16.3 Å². The fourth-order valence-electron chi connectivity index (χ4n) is 0.742. The third-order valence-corrected chi connectivity index (χ3v) is 3.20. The van der Waals surface area contributed by atoms with E-state index in [1.807, 2.05) is 0 Å². The molecule has 0 aliphatic rings. The summed E-state index contributed by atoms with van der Waals surface area (Å²) in [6, 6.07) is 1.15. The summed E-state index contributed by atoms with van der Waals surface area (Å²) in [6.07, 6.45) is 0. The number of esters is 1. The van der Waals surface area contributed by atoms with Gasteiger partial charge in [0.25, 0.3) is 10.1 Å². The molecule has 0 radical (unpaired) electrons. The number of carbonyl (C=O) groups is 1. The van der Waals surface area contributed by atoms with Crippen LogP contribution in [0, 0.1) is 0 Å². The van der Waals surface area contributed by atoms with Crippen LogP contribution in [0.3, 0.4) is 0 Å². The number of carbonyl (C=O) groups excluding carboxylic acids is 1. The molecule has 1 rings (SSSR count). The summed E-state index contributed by atoms with van der Waals surface area (Å²) < 4.78 is 34.4. The van der Waals surface area contributed by atoms with E-state index in [-0.39, 0.29) is 4.88 Å². The Morgan fingerprint density at radius 3 is 2.69 bits per heavy atom. The molecule has 0 amide bonds. The SMILES string of the molecule is COC(=O)c1sccc1S(=O)(=O)O. The second-order valence-electron chi connectivity index (χ2n) is 2.08. The summed E-state index contributed by atoms with van der Waals surface area (Å²) >= 11 is 0.895. The molecule has 7 heteroatoms. The first-order valence-corrected chi connectivity index (χ1v) is 5.42. The largest absolute Gasteiger partial charge is 0.465 e. The van der Waals surface area contributed by atoms with Gasteiger partial charge in [0, 0.05) is 0 Å². The van der Waals surface area contributed by atoms with Gasteiger partial charge in [0.2, 0.25) is 0 Å². The average Bonchev–Trinajstić information content (AvgIpc) is 2.49. The van der Waals surface area contributed by atoms with Crippen LogP contribution in [-0.4, -0.2) is 26.0 Å². The zero-order chi connectivity index (χ0) is 10.1. The van der Waals surface area contributed by atoms with E-state index < -0.39 is 21.0 Å². The maximum atomic E-state index is 11.0. The first-order valence-electron chi connectivity index (χ1n) is 3.10. The number of hydrogen-bond acceptors (Lipinski definition) is 5. The summed E-state index contributed by atoms with van der Waals surface area (Å²) in [5.41, 5.74) is 0. The maximum Gasteiger partial charge on any atom is 0.349 e. The molecule has 0 unspecified atom stereocenters. The predicted molar refractivity (Wildman–Crippen MR) is 45.5 cm³/mol. The zero-order valence-corrected chi connectivity index (χ0v) is 8.18. The predicted octanol–water partition coefficient (Wildman–Crippen LogP) is 0.781. The summed E-state index contributed by atoms with van der Waals surface area (Å²) in [5, 5.41) is 1.38. The van der Waals surface area contributed by atoms with Crippen molar-refractivity contribution < 1.29 is 22.5 Å². The average molecular weight is 222 g/mol. The summed E-state index contributed by atoms with van der Waals surface area (Å²) in [4.78, 5) is 10.4. The maximum absolute atomic E-state index is 11.0. The molecule has 0 bridgehead atoms. The molecule has 1 aromatic heterocycles. The van der Waals surface area contributed by atoms with Gasteiger partial charge in [-0.1, -0.05) is 0 Å². The van der Waals surface area contributed by atoms with Crippen LogP contribution in [0.2, 0.25) is 0 Å². The first kappa shape index (κ1) is 10.2. The Morgan fingerprint density at radius 1 is 1.62 bits per heavy atom. The van der Waals surface area contributed by atoms with Gasteiger partial charge in [-0.3, -0.25) is 4.55 Å². The Hall–Kier alpha value is -0.920. The molecule has 1 heterocycles. The monoisotopic (exact) mass is 222 g/mol. The van der Waals surface area contributed by atoms with Crippen molar-refractivity contribution >= 4 is 27.4 Å². The third kappa shape index (κ3) is 2.06. The second-order valence-corrected chi connectivity index (χ2v) is 4.39. The van der Waals surface area contributed by atoms with Gasteiger partial charge in [0.05, 0.1) is 7.11 Å². The molecule has 0 aliphatic carbocycles. The smallest absolute Gasteiger partial charge is 0.349 e. The van der Waals surface area contributed by atoms with Crippen LogP contribution < -0.4 is 0 Å². The molecule has 0 aliphatic heterocycles. The van der Waals surface area contributed by atoms with E-state index in [1.54, 1.807) is 0 Å². The molecule has 5 nitrogen and oxygen atoms in total. The minimum absolute atomic E-state index is 0.120. The Balaban J connectivity index is 3.26. The highest BCUT2D eigenvalue weighted by Crippen LogP contribution is 2.22. The van der Waals surface area contributed by atoms with Crippen LogP contribution in [0.4, 0.5) is 0 Å². The van der Waals surface area contributed by atoms with E-state index in [1.165, 1.54) is 5.38 Å². The lowest BCUT2D eigenvalue weighted by molar-refractivity contribution is 0.0602. The number of thiophene rings is 1. The minimum Gasteiger partial charge on any atom is -0.465 e. The summed E-state index contributed by atoms with van der Waals surface area (Å²) in [7, 11) is -3.20. The van der Waals surface area contributed by atoms with E-state index >= 15 is 0 Å². The molecule has 0 fully saturated rings. The lowest BCUT2D eigenvalue weighted by atomic mass is 10.5. The molecule has 0 spiro atoms. The first-order chi connectivity index (χ1) is 5.96. The van der Waals surface area contributed by atoms with E-state index in [9.17, 15) is 13.2 Å². The second kappa shape index (κ2) is 3.44. The van der Waals surface area contributed by atoms with Crippen LogP contribution in [0.25, 0.3) is 0 Å². The van der Waals surface area contributed by atoms with Crippen molar-refractivity contribution in [3.05, 3.63) is 16.3 Å². The van der Waals surface area contributed by atoms with E-state index in [4.69, 9.17) is 4.55 Å². The number of ether oxygens (including phenoxy) is 1. The Kier molecular flexibility index (Phi) is 2.69. The summed E-state index contributed by atoms with van der Waals surface area (Å²) in [6.45, 7) is 0. The number of hydrogen-bond donors (Lipinski definition) is 1. The molecular weight excluding hydrogens is 216 g/mol. The molecule has 13 heavy (non-hydrogen) atoms. The highest BCUT2D eigenvalue weighted by atomic mass is 32.2. The van der Waals surface area contributed by atoms with Crippen molar-refractivity contribution in [2.45, 2.75) is 4.90 Å². The molecule has 72 valence electrons. The topological polar surface area (TPSA) is 80.7 Å². The van der Waals surface area contributed by atoms with Gasteiger partial charge in [-0.15, -0.1) is 11.3 Å². The van der Waals surface area contributed by atoms with E-state index in [0.717, 1.165) is 24.5 Å². The molecule has 1 aromatic rings. The van der Waals surface area contributed by atoms with Crippen LogP contribution in [0.5, 0.6) is 0 Å². The van der Waals surface area contributed by atoms with Crippen molar-refractivity contribution in [1.29, 1.82) is 0 Å². The van der Waals surface area contributed by atoms with Crippen molar-refractivity contribution in [2.75, 3.05) is 7.11 Å². The van der Waals surface area contributed by atoms with Crippen molar-refractivity contribution in [1.82, 2.24) is 0 Å². The van der Waals surface area contributed by atoms with E-state index in [0.29, 0.717) is 0 Å². The Morgan fingerprint density at radius 2 is 2.23 bits per heavy atom. The van der Waals surface area contributed by atoms with Crippen LogP contribution in [0.1, 0.15) is 9.67 Å². The molecular formula is C6H6O5S2. The van der Waals surface area contributed by atoms with Gasteiger partial charge in [-0.05, 0) is 11.4 Å². The fourth-order valence-corrected chi connectivity index (χ4v) is 2.55. The van der Waals surface area contributed by atoms with Crippen molar-refractivity contribution in [3.8, 4) is 0 Å². The highest BCUT2D eigenvalue weighted by molar-refractivity contribution is 7.86. The third-order valence-electron chi connectivity index (χ3n) is 1.28.